The van der Waals surface area contributed by atoms with Gasteiger partial charge in [0.15, 0.2) is 0 Å². The monoisotopic (exact) mass is 456 g/mol. The van der Waals surface area contributed by atoms with Crippen LogP contribution in [0.4, 0.5) is 5.69 Å². The molecule has 6 nitrogen and oxygen atoms in total. The topological polar surface area (TPSA) is 75.7 Å². The van der Waals surface area contributed by atoms with Crippen molar-refractivity contribution >= 4 is 44.8 Å². The van der Waals surface area contributed by atoms with E-state index in [2.05, 4.69) is 5.32 Å². The van der Waals surface area contributed by atoms with Gasteiger partial charge in [-0.15, -0.1) is 0 Å². The van der Waals surface area contributed by atoms with Gasteiger partial charge in [0.05, 0.1) is 34.5 Å². The Kier molecular flexibility index (Phi) is 7.05. The van der Waals surface area contributed by atoms with Gasteiger partial charge >= 0.3 is 0 Å². The number of nitrogens with zero attached hydrogens (tertiary/aromatic N) is 1. The van der Waals surface area contributed by atoms with Gasteiger partial charge in [-0.25, -0.2) is 12.7 Å². The number of sulfonamides is 1. The summed E-state index contributed by atoms with van der Waals surface area (Å²) in [5, 5.41) is 3.54. The van der Waals surface area contributed by atoms with Crippen molar-refractivity contribution in [2.45, 2.75) is 18.6 Å². The predicted octanol–water partition coefficient (Wildman–Crippen LogP) is 4.18. The molecule has 0 radical (unpaired) electrons. The highest BCUT2D eigenvalue weighted by Gasteiger charge is 2.32. The lowest BCUT2D eigenvalue weighted by Crippen LogP contribution is -2.44. The third-order valence-corrected chi connectivity index (χ3v) is 7.40. The fourth-order valence-corrected chi connectivity index (χ4v) is 5.24. The molecule has 1 amide bonds. The van der Waals surface area contributed by atoms with E-state index < -0.39 is 15.9 Å². The summed E-state index contributed by atoms with van der Waals surface area (Å²) in [4.78, 5) is 12.7. The maximum absolute atomic E-state index is 12.9. The number of anilines is 1. The van der Waals surface area contributed by atoms with Crippen LogP contribution in [0.15, 0.2) is 42.5 Å². The van der Waals surface area contributed by atoms with E-state index in [4.69, 9.17) is 27.9 Å². The average Bonchev–Trinajstić information content (AvgIpc) is 2.71. The Bertz CT molecular complexity index is 998. The Morgan fingerprint density at radius 3 is 2.69 bits per heavy atom. The van der Waals surface area contributed by atoms with Gasteiger partial charge < -0.3 is 10.1 Å². The molecule has 9 heteroatoms. The number of carbonyl (C=O) groups is 1. The number of hydrogen-bond acceptors (Lipinski definition) is 4. The molecule has 1 aliphatic heterocycles. The van der Waals surface area contributed by atoms with Gasteiger partial charge in [-0.2, -0.15) is 0 Å². The fourth-order valence-electron chi connectivity index (χ4n) is 3.32. The van der Waals surface area contributed by atoms with Crippen molar-refractivity contribution in [3.05, 3.63) is 58.1 Å². The zero-order valence-electron chi connectivity index (χ0n) is 15.9. The number of methoxy groups -OCH3 is 1. The Morgan fingerprint density at radius 2 is 1.97 bits per heavy atom. The Hall–Kier alpha value is -1.80. The Morgan fingerprint density at radius 1 is 1.21 bits per heavy atom. The van der Waals surface area contributed by atoms with Crippen molar-refractivity contribution in [1.82, 2.24) is 4.31 Å². The quantitative estimate of drug-likeness (QED) is 0.706. The van der Waals surface area contributed by atoms with E-state index in [1.165, 1.54) is 11.4 Å². The molecule has 1 atom stereocenters. The van der Waals surface area contributed by atoms with E-state index in [0.717, 1.165) is 0 Å². The molecule has 1 unspecified atom stereocenters. The molecule has 0 aromatic heterocycles. The van der Waals surface area contributed by atoms with E-state index in [9.17, 15) is 13.2 Å². The van der Waals surface area contributed by atoms with Crippen LogP contribution in [0.3, 0.4) is 0 Å². The van der Waals surface area contributed by atoms with Crippen LogP contribution in [0.2, 0.25) is 10.0 Å². The minimum Gasteiger partial charge on any atom is -0.495 e. The number of ether oxygens (including phenoxy) is 1. The van der Waals surface area contributed by atoms with Crippen LogP contribution < -0.4 is 10.1 Å². The van der Waals surface area contributed by atoms with Crippen molar-refractivity contribution in [3.8, 4) is 5.75 Å². The number of amides is 1. The number of para-hydroxylation sites is 2. The highest BCUT2D eigenvalue weighted by molar-refractivity contribution is 7.88. The van der Waals surface area contributed by atoms with Crippen LogP contribution in [-0.4, -0.2) is 38.8 Å². The molecule has 3 rings (SSSR count). The van der Waals surface area contributed by atoms with Crippen LogP contribution in [0.25, 0.3) is 0 Å². The number of rotatable bonds is 6. The molecule has 1 N–H and O–H groups in total. The third kappa shape index (κ3) is 5.42. The molecule has 2 aromatic carbocycles. The van der Waals surface area contributed by atoms with Crippen LogP contribution in [0, 0.1) is 5.92 Å². The van der Waals surface area contributed by atoms with E-state index in [1.54, 1.807) is 36.4 Å². The highest BCUT2D eigenvalue weighted by atomic mass is 35.5. The molecule has 29 heavy (non-hydrogen) atoms. The minimum absolute atomic E-state index is 0.143. The molecule has 0 saturated carbocycles. The summed E-state index contributed by atoms with van der Waals surface area (Å²) in [6.07, 6.45) is 1.24. The number of halogens is 2. The van der Waals surface area contributed by atoms with Gasteiger partial charge in [0, 0.05) is 13.1 Å². The van der Waals surface area contributed by atoms with Gasteiger partial charge in [-0.3, -0.25) is 4.79 Å². The molecule has 1 fully saturated rings. The minimum atomic E-state index is -3.59. The zero-order valence-corrected chi connectivity index (χ0v) is 18.2. The first-order valence-corrected chi connectivity index (χ1v) is 11.5. The number of hydrogen-bond donors (Lipinski definition) is 1. The Labute approximate surface area is 180 Å². The van der Waals surface area contributed by atoms with Crippen molar-refractivity contribution in [2.75, 3.05) is 25.5 Å². The normalized spacial score (nSPS) is 17.7. The molecule has 1 saturated heterocycles. The zero-order chi connectivity index (χ0) is 21.0. The first-order valence-electron chi connectivity index (χ1n) is 9.16. The van der Waals surface area contributed by atoms with Gasteiger partial charge in [-0.05, 0) is 42.7 Å². The number of piperidine rings is 1. The molecular formula is C20H22Cl2N2O4S. The number of nitrogens with one attached hydrogen (secondary N) is 1. The lowest BCUT2D eigenvalue weighted by atomic mass is 9.98. The second-order valence-electron chi connectivity index (χ2n) is 6.89. The molecule has 1 heterocycles. The van der Waals surface area contributed by atoms with E-state index in [1.807, 2.05) is 6.07 Å². The molecule has 1 aliphatic rings. The summed E-state index contributed by atoms with van der Waals surface area (Å²) in [7, 11) is -2.06. The molecule has 0 aliphatic carbocycles. The summed E-state index contributed by atoms with van der Waals surface area (Å²) in [5.41, 5.74) is 1.12. The highest BCUT2D eigenvalue weighted by Crippen LogP contribution is 2.28. The van der Waals surface area contributed by atoms with E-state index in [0.29, 0.717) is 46.4 Å². The van der Waals surface area contributed by atoms with E-state index in [-0.39, 0.29) is 18.2 Å². The fraction of sp³-hybridized carbons (Fsp3) is 0.350. The maximum Gasteiger partial charge on any atom is 0.228 e. The van der Waals surface area contributed by atoms with Crippen molar-refractivity contribution in [2.24, 2.45) is 5.92 Å². The summed E-state index contributed by atoms with van der Waals surface area (Å²) in [6.45, 7) is 0.534. The van der Waals surface area contributed by atoms with Gasteiger partial charge in [0.25, 0.3) is 0 Å². The van der Waals surface area contributed by atoms with Crippen LogP contribution in [-0.2, 0) is 20.6 Å². The first kappa shape index (κ1) is 21.9. The number of carbonyl (C=O) groups excluding carboxylic acids is 1. The number of benzene rings is 2. The van der Waals surface area contributed by atoms with E-state index >= 15 is 0 Å². The summed E-state index contributed by atoms with van der Waals surface area (Å²) in [6, 6.07) is 11.9. The van der Waals surface area contributed by atoms with Crippen LogP contribution in [0.5, 0.6) is 5.75 Å². The lowest BCUT2D eigenvalue weighted by molar-refractivity contribution is -0.120. The molecular weight excluding hydrogens is 435 g/mol. The first-order chi connectivity index (χ1) is 13.8. The summed E-state index contributed by atoms with van der Waals surface area (Å²) in [5.74, 6) is -0.285. The van der Waals surface area contributed by atoms with Crippen LogP contribution in [0.1, 0.15) is 18.4 Å². The molecule has 156 valence electrons. The Balaban J connectivity index is 1.68. The average molecular weight is 457 g/mol. The lowest BCUT2D eigenvalue weighted by Gasteiger charge is -2.31. The smallest absolute Gasteiger partial charge is 0.228 e. The van der Waals surface area contributed by atoms with Crippen molar-refractivity contribution in [3.63, 3.8) is 0 Å². The van der Waals surface area contributed by atoms with Gasteiger partial charge in [-0.1, -0.05) is 41.4 Å². The largest absolute Gasteiger partial charge is 0.495 e. The van der Waals surface area contributed by atoms with Crippen molar-refractivity contribution in [1.29, 1.82) is 0 Å². The molecule has 2 aromatic rings. The van der Waals surface area contributed by atoms with Crippen LogP contribution >= 0.6 is 23.2 Å². The standard InChI is InChI=1S/C20H22Cl2N2O4S/c1-28-19-7-3-2-6-18(19)23-20(25)15-5-4-10-24(12-15)29(26,27)13-14-8-9-16(21)17(22)11-14/h2-3,6-9,11,15H,4-5,10,12-13H2,1H3,(H,23,25). The second kappa shape index (κ2) is 9.34. The van der Waals surface area contributed by atoms with Crippen molar-refractivity contribution < 1.29 is 17.9 Å². The van der Waals surface area contributed by atoms with Gasteiger partial charge in [0.1, 0.15) is 5.75 Å². The molecule has 0 bridgehead atoms. The maximum atomic E-state index is 12.9. The SMILES string of the molecule is COc1ccccc1NC(=O)C1CCCN(S(=O)(=O)Cc2ccc(Cl)c(Cl)c2)C1. The summed E-state index contributed by atoms with van der Waals surface area (Å²) >= 11 is 11.9. The third-order valence-electron chi connectivity index (χ3n) is 4.85. The summed E-state index contributed by atoms with van der Waals surface area (Å²) < 4.78 is 32.4. The second-order valence-corrected chi connectivity index (χ2v) is 9.67. The van der Waals surface area contributed by atoms with Gasteiger partial charge in [0.2, 0.25) is 15.9 Å². The predicted molar refractivity (Wildman–Crippen MR) is 115 cm³/mol. The molecule has 0 spiro atoms.